The van der Waals surface area contributed by atoms with Gasteiger partial charge in [-0.3, -0.25) is 0 Å². The second kappa shape index (κ2) is 5.25. The number of anilines is 1. The van der Waals surface area contributed by atoms with Gasteiger partial charge in [0.2, 0.25) is 0 Å². The van der Waals surface area contributed by atoms with Crippen LogP contribution in [0.4, 0.5) is 10.1 Å². The lowest BCUT2D eigenvalue weighted by atomic mass is 10.0. The maximum absolute atomic E-state index is 13.3. The predicted molar refractivity (Wildman–Crippen MR) is 79.9 cm³/mol. The normalized spacial score (nSPS) is 18.8. The summed E-state index contributed by atoms with van der Waals surface area (Å²) in [4.78, 5) is 0. The summed E-state index contributed by atoms with van der Waals surface area (Å²) in [5.74, 6) is -0.184. The Hall–Kier alpha value is -1.87. The molecule has 1 aliphatic carbocycles. The van der Waals surface area contributed by atoms with Gasteiger partial charge >= 0.3 is 0 Å². The summed E-state index contributed by atoms with van der Waals surface area (Å²) in [6, 6.07) is 13.3. The largest absolute Gasteiger partial charge is 0.399 e. The molecular weight excluding hydrogens is 251 g/mol. The van der Waals surface area contributed by atoms with Crippen molar-refractivity contribution in [2.24, 2.45) is 0 Å². The highest BCUT2D eigenvalue weighted by Crippen LogP contribution is 2.34. The van der Waals surface area contributed by atoms with Gasteiger partial charge in [0.15, 0.2) is 0 Å². The van der Waals surface area contributed by atoms with E-state index in [1.807, 2.05) is 12.1 Å². The van der Waals surface area contributed by atoms with Gasteiger partial charge in [-0.2, -0.15) is 0 Å². The lowest BCUT2D eigenvalue weighted by molar-refractivity contribution is 0.463. The summed E-state index contributed by atoms with van der Waals surface area (Å²) in [5, 5.41) is 3.59. The Morgan fingerprint density at radius 3 is 2.90 bits per heavy atom. The second-order valence-corrected chi connectivity index (χ2v) is 5.49. The summed E-state index contributed by atoms with van der Waals surface area (Å²) in [7, 11) is 0. The molecule has 20 heavy (non-hydrogen) atoms. The molecule has 2 aromatic rings. The van der Waals surface area contributed by atoms with Crippen LogP contribution in [0.5, 0.6) is 0 Å². The smallest absolute Gasteiger partial charge is 0.123 e. The first-order valence-electron chi connectivity index (χ1n) is 7.03. The predicted octanol–water partition coefficient (Wildman–Crippen LogP) is 3.75. The lowest BCUT2D eigenvalue weighted by Gasteiger charge is -2.21. The molecule has 0 amide bonds. The van der Waals surface area contributed by atoms with Crippen LogP contribution < -0.4 is 11.1 Å². The average molecular weight is 270 g/mol. The van der Waals surface area contributed by atoms with Gasteiger partial charge in [0.05, 0.1) is 0 Å². The van der Waals surface area contributed by atoms with Gasteiger partial charge in [0.1, 0.15) is 5.82 Å². The fourth-order valence-electron chi connectivity index (χ4n) is 2.98. The zero-order chi connectivity index (χ0) is 14.1. The van der Waals surface area contributed by atoms with Gasteiger partial charge < -0.3 is 11.1 Å². The number of nitrogen functional groups attached to an aromatic ring is 1. The summed E-state index contributed by atoms with van der Waals surface area (Å²) >= 11 is 0. The van der Waals surface area contributed by atoms with Crippen LogP contribution in [0.3, 0.4) is 0 Å². The van der Waals surface area contributed by atoms with E-state index in [1.54, 1.807) is 12.1 Å². The molecule has 3 rings (SSSR count). The molecule has 2 nitrogen and oxygen atoms in total. The minimum atomic E-state index is -0.184. The highest BCUT2D eigenvalue weighted by molar-refractivity contribution is 5.47. The molecule has 3 heteroatoms. The Morgan fingerprint density at radius 1 is 1.25 bits per heavy atom. The van der Waals surface area contributed by atoms with E-state index in [-0.39, 0.29) is 11.9 Å². The van der Waals surface area contributed by atoms with Gasteiger partial charge in [-0.15, -0.1) is 0 Å². The lowest BCUT2D eigenvalue weighted by Crippen LogP contribution is -2.23. The van der Waals surface area contributed by atoms with E-state index in [9.17, 15) is 4.39 Å². The Labute approximate surface area is 118 Å². The number of halogens is 1. The third-order valence-electron chi connectivity index (χ3n) is 4.04. The molecule has 2 unspecified atom stereocenters. The van der Waals surface area contributed by atoms with E-state index in [4.69, 9.17) is 5.73 Å². The molecule has 0 fully saturated rings. The van der Waals surface area contributed by atoms with Crippen molar-refractivity contribution in [2.75, 3.05) is 5.73 Å². The monoisotopic (exact) mass is 270 g/mol. The van der Waals surface area contributed by atoms with Crippen LogP contribution in [0.2, 0.25) is 0 Å². The van der Waals surface area contributed by atoms with Gasteiger partial charge in [-0.1, -0.05) is 18.2 Å². The van der Waals surface area contributed by atoms with Crippen molar-refractivity contribution in [1.82, 2.24) is 5.32 Å². The van der Waals surface area contributed by atoms with Gasteiger partial charge in [0.25, 0.3) is 0 Å². The molecule has 0 spiro atoms. The fourth-order valence-corrected chi connectivity index (χ4v) is 2.98. The summed E-state index contributed by atoms with van der Waals surface area (Å²) in [6.45, 7) is 2.07. The number of hydrogen-bond acceptors (Lipinski definition) is 2. The van der Waals surface area contributed by atoms with E-state index in [1.165, 1.54) is 17.2 Å². The van der Waals surface area contributed by atoms with Crippen molar-refractivity contribution in [3.63, 3.8) is 0 Å². The molecule has 3 N–H and O–H groups in total. The number of fused-ring (bicyclic) bond motifs is 1. The summed E-state index contributed by atoms with van der Waals surface area (Å²) < 4.78 is 13.3. The van der Waals surface area contributed by atoms with Gasteiger partial charge in [-0.25, -0.2) is 4.39 Å². The molecule has 0 saturated carbocycles. The molecule has 0 saturated heterocycles. The Bertz CT molecular complexity index is 624. The van der Waals surface area contributed by atoms with Crippen LogP contribution in [0.15, 0.2) is 42.5 Å². The van der Waals surface area contributed by atoms with Crippen molar-refractivity contribution >= 4 is 5.69 Å². The van der Waals surface area contributed by atoms with Crippen LogP contribution in [-0.4, -0.2) is 0 Å². The molecule has 0 aromatic heterocycles. The summed E-state index contributed by atoms with van der Waals surface area (Å²) in [5.41, 5.74) is 10.3. The molecule has 0 radical (unpaired) electrons. The van der Waals surface area contributed by atoms with E-state index in [0.29, 0.717) is 6.04 Å². The van der Waals surface area contributed by atoms with Crippen molar-refractivity contribution < 1.29 is 4.39 Å². The highest BCUT2D eigenvalue weighted by atomic mass is 19.1. The third kappa shape index (κ3) is 2.54. The maximum Gasteiger partial charge on any atom is 0.123 e. The maximum atomic E-state index is 13.3. The summed E-state index contributed by atoms with van der Waals surface area (Å²) in [6.07, 6.45) is 2.12. The van der Waals surface area contributed by atoms with Gasteiger partial charge in [-0.05, 0) is 60.7 Å². The Morgan fingerprint density at radius 2 is 2.10 bits per heavy atom. The van der Waals surface area contributed by atoms with Crippen LogP contribution in [0, 0.1) is 5.82 Å². The van der Waals surface area contributed by atoms with E-state index >= 15 is 0 Å². The fraction of sp³-hybridized carbons (Fsp3) is 0.294. The Balaban J connectivity index is 1.77. The first-order chi connectivity index (χ1) is 9.63. The van der Waals surface area contributed by atoms with E-state index in [2.05, 4.69) is 24.4 Å². The number of nitrogens with one attached hydrogen (secondary N) is 1. The van der Waals surface area contributed by atoms with Crippen molar-refractivity contribution in [3.8, 4) is 0 Å². The molecule has 104 valence electrons. The molecule has 2 aromatic carbocycles. The molecular formula is C17H19FN2. The van der Waals surface area contributed by atoms with Gasteiger partial charge in [0, 0.05) is 17.8 Å². The van der Waals surface area contributed by atoms with Crippen LogP contribution in [0.1, 0.15) is 42.1 Å². The molecule has 0 heterocycles. The highest BCUT2D eigenvalue weighted by Gasteiger charge is 2.23. The standard InChI is InChI=1S/C17H19FN2/c1-11(12-3-2-4-14(18)9-12)20-17-8-5-13-10-15(19)6-7-16(13)17/h2-4,6-7,9-11,17,20H,5,8,19H2,1H3. The number of nitrogens with two attached hydrogens (primary N) is 1. The van der Waals surface area contributed by atoms with E-state index in [0.717, 1.165) is 24.1 Å². The van der Waals surface area contributed by atoms with Crippen molar-refractivity contribution in [1.29, 1.82) is 0 Å². The topological polar surface area (TPSA) is 38.0 Å². The SMILES string of the molecule is CC(NC1CCc2cc(N)ccc21)c1cccc(F)c1. The van der Waals surface area contributed by atoms with E-state index < -0.39 is 0 Å². The van der Waals surface area contributed by atoms with Crippen molar-refractivity contribution in [3.05, 3.63) is 65.0 Å². The molecule has 0 bridgehead atoms. The third-order valence-corrected chi connectivity index (χ3v) is 4.04. The zero-order valence-electron chi connectivity index (χ0n) is 11.6. The number of benzene rings is 2. The number of aryl methyl sites for hydroxylation is 1. The van der Waals surface area contributed by atoms with Crippen LogP contribution in [-0.2, 0) is 6.42 Å². The average Bonchev–Trinajstić information content (AvgIpc) is 2.81. The number of rotatable bonds is 3. The number of hydrogen-bond donors (Lipinski definition) is 2. The first-order valence-corrected chi connectivity index (χ1v) is 7.03. The molecule has 2 atom stereocenters. The quantitative estimate of drug-likeness (QED) is 0.834. The second-order valence-electron chi connectivity index (χ2n) is 5.49. The van der Waals surface area contributed by atoms with Crippen molar-refractivity contribution in [2.45, 2.75) is 31.8 Å². The minimum Gasteiger partial charge on any atom is -0.399 e. The minimum absolute atomic E-state index is 0.124. The Kier molecular flexibility index (Phi) is 3.45. The first kappa shape index (κ1) is 13.1. The molecule has 0 aliphatic heterocycles. The van der Waals surface area contributed by atoms with Crippen LogP contribution >= 0.6 is 0 Å². The van der Waals surface area contributed by atoms with Crippen LogP contribution in [0.25, 0.3) is 0 Å². The molecule has 1 aliphatic rings. The zero-order valence-corrected chi connectivity index (χ0v) is 11.6.